The molecule has 1 aromatic heterocycles. The van der Waals surface area contributed by atoms with Crippen molar-refractivity contribution < 1.29 is 23.5 Å². The van der Waals surface area contributed by atoms with Gasteiger partial charge in [-0.15, -0.1) is 0 Å². The molecule has 150 valence electrons. The van der Waals surface area contributed by atoms with E-state index in [9.17, 15) is 9.59 Å². The lowest BCUT2D eigenvalue weighted by molar-refractivity contribution is -0.145. The molecular formula is C22H22N2O5. The van der Waals surface area contributed by atoms with Crippen LogP contribution in [0.1, 0.15) is 19.2 Å². The average molecular weight is 394 g/mol. The summed E-state index contributed by atoms with van der Waals surface area (Å²) in [5, 5.41) is 2.80. The number of amides is 1. The topological polar surface area (TPSA) is 90.7 Å². The molecule has 0 aliphatic rings. The second kappa shape index (κ2) is 10.1. The highest BCUT2D eigenvalue weighted by Gasteiger charge is 2.10. The number of nitrogens with one attached hydrogen (secondary N) is 1. The molecule has 7 nitrogen and oxygen atoms in total. The maximum absolute atomic E-state index is 12.2. The van der Waals surface area contributed by atoms with E-state index in [4.69, 9.17) is 13.9 Å². The fourth-order valence-corrected chi connectivity index (χ4v) is 2.61. The monoisotopic (exact) mass is 394 g/mol. The summed E-state index contributed by atoms with van der Waals surface area (Å²) in [4.78, 5) is 27.8. The number of rotatable bonds is 9. The molecule has 0 saturated carbocycles. The largest absolute Gasteiger partial charge is 0.482 e. The molecule has 0 unspecified atom stereocenters. The molecule has 3 aromatic rings. The summed E-state index contributed by atoms with van der Waals surface area (Å²) in [7, 11) is 0. The zero-order chi connectivity index (χ0) is 20.5. The number of anilines is 1. The number of oxazole rings is 1. The molecule has 0 saturated heterocycles. The Morgan fingerprint density at radius 1 is 1.10 bits per heavy atom. The van der Waals surface area contributed by atoms with Crippen molar-refractivity contribution in [1.82, 2.24) is 4.98 Å². The summed E-state index contributed by atoms with van der Waals surface area (Å²) >= 11 is 0. The number of nitrogens with zero attached hydrogens (tertiary/aromatic N) is 1. The van der Waals surface area contributed by atoms with Gasteiger partial charge in [0.2, 0.25) is 5.91 Å². The molecule has 1 N–H and O–H groups in total. The average Bonchev–Trinajstić information content (AvgIpc) is 3.21. The van der Waals surface area contributed by atoms with Crippen molar-refractivity contribution in [2.75, 3.05) is 18.5 Å². The van der Waals surface area contributed by atoms with Crippen LogP contribution in [-0.4, -0.2) is 30.1 Å². The van der Waals surface area contributed by atoms with Crippen LogP contribution in [0.15, 0.2) is 65.2 Å². The lowest BCUT2D eigenvalue weighted by Crippen LogP contribution is -2.15. The predicted octanol–water partition coefficient (Wildman–Crippen LogP) is 3.85. The number of ether oxygens (including phenoxy) is 2. The van der Waals surface area contributed by atoms with Gasteiger partial charge < -0.3 is 19.2 Å². The normalized spacial score (nSPS) is 10.4. The molecule has 0 aliphatic carbocycles. The van der Waals surface area contributed by atoms with E-state index in [1.165, 1.54) is 0 Å². The first kappa shape index (κ1) is 20.1. The van der Waals surface area contributed by atoms with Gasteiger partial charge in [-0.2, -0.15) is 0 Å². The van der Waals surface area contributed by atoms with Crippen molar-refractivity contribution >= 4 is 17.6 Å². The lowest BCUT2D eigenvalue weighted by Gasteiger charge is -2.08. The fraction of sp³-hybridized carbons (Fsp3) is 0.227. The Labute approximate surface area is 168 Å². The first-order chi connectivity index (χ1) is 14.1. The number of carbonyl (C=O) groups excluding carboxylic acids is 2. The fourth-order valence-electron chi connectivity index (χ4n) is 2.61. The Hall–Kier alpha value is -3.61. The standard InChI is InChI=1S/C22H22N2O5/c1-2-27-22(26)15-28-18-10-6-9-17(13-18)24-20(25)11-12-21-23-14-19(29-21)16-7-4-3-5-8-16/h3-10,13-14H,2,11-12,15H2,1H3,(H,24,25). The SMILES string of the molecule is CCOC(=O)COc1cccc(NC(=O)CCc2ncc(-c3ccccc3)o2)c1. The summed E-state index contributed by atoms with van der Waals surface area (Å²) in [6.07, 6.45) is 2.27. The first-order valence-corrected chi connectivity index (χ1v) is 9.32. The Morgan fingerprint density at radius 3 is 2.72 bits per heavy atom. The van der Waals surface area contributed by atoms with Crippen LogP contribution in [-0.2, 0) is 20.7 Å². The van der Waals surface area contributed by atoms with Gasteiger partial charge in [-0.05, 0) is 19.1 Å². The molecule has 0 aliphatic heterocycles. The Bertz CT molecular complexity index is 953. The Balaban J connectivity index is 1.49. The molecule has 0 atom stereocenters. The molecule has 7 heteroatoms. The summed E-state index contributed by atoms with van der Waals surface area (Å²) < 4.78 is 15.9. The second-order valence-corrected chi connectivity index (χ2v) is 6.15. The van der Waals surface area contributed by atoms with E-state index in [1.807, 2.05) is 30.3 Å². The minimum absolute atomic E-state index is 0.174. The molecule has 29 heavy (non-hydrogen) atoms. The van der Waals surface area contributed by atoms with E-state index in [1.54, 1.807) is 37.4 Å². The smallest absolute Gasteiger partial charge is 0.344 e. The van der Waals surface area contributed by atoms with Crippen molar-refractivity contribution in [3.63, 3.8) is 0 Å². The number of aromatic nitrogens is 1. The first-order valence-electron chi connectivity index (χ1n) is 9.32. The molecule has 3 rings (SSSR count). The van der Waals surface area contributed by atoms with Gasteiger partial charge in [-0.1, -0.05) is 36.4 Å². The van der Waals surface area contributed by atoms with Crippen LogP contribution >= 0.6 is 0 Å². The quantitative estimate of drug-likeness (QED) is 0.554. The minimum Gasteiger partial charge on any atom is -0.482 e. The van der Waals surface area contributed by atoms with E-state index in [0.29, 0.717) is 36.1 Å². The predicted molar refractivity (Wildman–Crippen MR) is 107 cm³/mol. The van der Waals surface area contributed by atoms with Gasteiger partial charge in [0.1, 0.15) is 5.75 Å². The maximum atomic E-state index is 12.2. The number of hydrogen-bond donors (Lipinski definition) is 1. The third-order valence-corrected chi connectivity index (χ3v) is 3.96. The van der Waals surface area contributed by atoms with Gasteiger partial charge in [0, 0.05) is 30.2 Å². The number of esters is 1. The molecule has 0 spiro atoms. The van der Waals surface area contributed by atoms with Gasteiger partial charge in [0.25, 0.3) is 0 Å². The molecule has 0 fully saturated rings. The van der Waals surface area contributed by atoms with Crippen molar-refractivity contribution in [2.45, 2.75) is 19.8 Å². The summed E-state index contributed by atoms with van der Waals surface area (Å²) in [5.74, 6) is 1.03. The summed E-state index contributed by atoms with van der Waals surface area (Å²) in [6.45, 7) is 1.85. The van der Waals surface area contributed by atoms with Crippen LogP contribution < -0.4 is 10.1 Å². The lowest BCUT2D eigenvalue weighted by atomic mass is 10.2. The van der Waals surface area contributed by atoms with E-state index in [-0.39, 0.29) is 18.9 Å². The second-order valence-electron chi connectivity index (χ2n) is 6.15. The minimum atomic E-state index is -0.442. The highest BCUT2D eigenvalue weighted by Crippen LogP contribution is 2.21. The van der Waals surface area contributed by atoms with E-state index >= 15 is 0 Å². The highest BCUT2D eigenvalue weighted by atomic mass is 16.6. The molecule has 0 bridgehead atoms. The van der Waals surface area contributed by atoms with E-state index < -0.39 is 5.97 Å². The van der Waals surface area contributed by atoms with Gasteiger partial charge in [0.15, 0.2) is 18.3 Å². The van der Waals surface area contributed by atoms with Gasteiger partial charge in [-0.3, -0.25) is 4.79 Å². The summed E-state index contributed by atoms with van der Waals surface area (Å²) in [5.41, 5.74) is 1.52. The van der Waals surface area contributed by atoms with Crippen molar-refractivity contribution in [3.8, 4) is 17.1 Å². The Kier molecular flexibility index (Phi) is 7.00. The van der Waals surface area contributed by atoms with Crippen molar-refractivity contribution in [2.24, 2.45) is 0 Å². The third-order valence-electron chi connectivity index (χ3n) is 3.96. The molecular weight excluding hydrogens is 372 g/mol. The van der Waals surface area contributed by atoms with Crippen LogP contribution in [0.5, 0.6) is 5.75 Å². The summed E-state index contributed by atoms with van der Waals surface area (Å²) in [6, 6.07) is 16.5. The van der Waals surface area contributed by atoms with Crippen LogP contribution in [0.3, 0.4) is 0 Å². The van der Waals surface area contributed by atoms with Gasteiger partial charge >= 0.3 is 5.97 Å². The molecule has 0 radical (unpaired) electrons. The van der Waals surface area contributed by atoms with Crippen molar-refractivity contribution in [1.29, 1.82) is 0 Å². The number of benzene rings is 2. The van der Waals surface area contributed by atoms with Crippen LogP contribution in [0.25, 0.3) is 11.3 Å². The van der Waals surface area contributed by atoms with E-state index in [0.717, 1.165) is 5.56 Å². The third kappa shape index (κ3) is 6.21. The number of carbonyl (C=O) groups is 2. The zero-order valence-corrected chi connectivity index (χ0v) is 16.1. The zero-order valence-electron chi connectivity index (χ0n) is 16.1. The van der Waals surface area contributed by atoms with Gasteiger partial charge in [0.05, 0.1) is 12.8 Å². The van der Waals surface area contributed by atoms with Crippen LogP contribution in [0.2, 0.25) is 0 Å². The highest BCUT2D eigenvalue weighted by molar-refractivity contribution is 5.91. The van der Waals surface area contributed by atoms with Crippen molar-refractivity contribution in [3.05, 3.63) is 66.7 Å². The van der Waals surface area contributed by atoms with Gasteiger partial charge in [-0.25, -0.2) is 9.78 Å². The molecule has 1 heterocycles. The number of hydrogen-bond acceptors (Lipinski definition) is 6. The molecule has 1 amide bonds. The molecule has 2 aromatic carbocycles. The maximum Gasteiger partial charge on any atom is 0.344 e. The Morgan fingerprint density at radius 2 is 1.93 bits per heavy atom. The van der Waals surface area contributed by atoms with Crippen LogP contribution in [0, 0.1) is 0 Å². The number of aryl methyl sites for hydroxylation is 1. The van der Waals surface area contributed by atoms with Crippen LogP contribution in [0.4, 0.5) is 5.69 Å². The van der Waals surface area contributed by atoms with E-state index in [2.05, 4.69) is 10.3 Å².